The number of fused-ring (bicyclic) bond motifs is 1. The summed E-state index contributed by atoms with van der Waals surface area (Å²) in [6.45, 7) is 2.07. The van der Waals surface area contributed by atoms with Gasteiger partial charge in [-0.3, -0.25) is 0 Å². The first-order valence-electron chi connectivity index (χ1n) is 7.62. The average Bonchev–Trinajstić information content (AvgIpc) is 2.53. The molecule has 0 aliphatic rings. The number of benzene rings is 3. The van der Waals surface area contributed by atoms with Crippen LogP contribution in [-0.2, 0) is 6.42 Å². The number of nitrogens with two attached hydrogens (primary N) is 1. The van der Waals surface area contributed by atoms with Gasteiger partial charge in [-0.15, -0.1) is 0 Å². The molecule has 2 unspecified atom stereocenters. The molecule has 2 atom stereocenters. The van der Waals surface area contributed by atoms with E-state index in [0.29, 0.717) is 5.92 Å². The van der Waals surface area contributed by atoms with Gasteiger partial charge in [0, 0.05) is 17.0 Å². The van der Waals surface area contributed by atoms with Crippen LogP contribution in [0.1, 0.15) is 24.0 Å². The Morgan fingerprint density at radius 1 is 0.909 bits per heavy atom. The molecule has 2 N–H and O–H groups in total. The third-order valence-corrected chi connectivity index (χ3v) is 4.45. The van der Waals surface area contributed by atoms with Crippen LogP contribution >= 0.6 is 11.6 Å². The Morgan fingerprint density at radius 2 is 1.59 bits per heavy atom. The topological polar surface area (TPSA) is 26.0 Å². The summed E-state index contributed by atoms with van der Waals surface area (Å²) in [5.74, 6) is 0.290. The van der Waals surface area contributed by atoms with Crippen LogP contribution in [-0.4, -0.2) is 6.04 Å². The summed E-state index contributed by atoms with van der Waals surface area (Å²) in [5, 5.41) is 3.31. The average molecular weight is 310 g/mol. The summed E-state index contributed by atoms with van der Waals surface area (Å²) in [4.78, 5) is 0. The highest BCUT2D eigenvalue weighted by molar-refractivity contribution is 6.30. The summed E-state index contributed by atoms with van der Waals surface area (Å²) in [6.07, 6.45) is 0.935. The van der Waals surface area contributed by atoms with Crippen molar-refractivity contribution >= 4 is 22.4 Å². The molecule has 3 aromatic carbocycles. The Bertz CT molecular complexity index is 762. The van der Waals surface area contributed by atoms with Gasteiger partial charge in [-0.2, -0.15) is 0 Å². The largest absolute Gasteiger partial charge is 0.327 e. The van der Waals surface area contributed by atoms with E-state index in [1.165, 1.54) is 21.9 Å². The zero-order valence-corrected chi connectivity index (χ0v) is 13.4. The van der Waals surface area contributed by atoms with Crippen LogP contribution in [0.25, 0.3) is 10.8 Å². The second-order valence-corrected chi connectivity index (χ2v) is 6.34. The van der Waals surface area contributed by atoms with Crippen LogP contribution < -0.4 is 5.73 Å². The van der Waals surface area contributed by atoms with E-state index in [2.05, 4.69) is 61.5 Å². The van der Waals surface area contributed by atoms with Crippen molar-refractivity contribution in [1.29, 1.82) is 0 Å². The van der Waals surface area contributed by atoms with Gasteiger partial charge < -0.3 is 5.73 Å². The predicted octanol–water partition coefficient (Wildman–Crippen LogP) is 5.17. The number of halogens is 1. The second kappa shape index (κ2) is 6.51. The van der Waals surface area contributed by atoms with Crippen molar-refractivity contribution in [2.75, 3.05) is 0 Å². The summed E-state index contributed by atoms with van der Waals surface area (Å²) in [6, 6.07) is 23.2. The molecule has 112 valence electrons. The number of rotatable bonds is 4. The summed E-state index contributed by atoms with van der Waals surface area (Å²) >= 11 is 5.99. The molecular weight excluding hydrogens is 290 g/mol. The molecule has 0 aromatic heterocycles. The van der Waals surface area contributed by atoms with Gasteiger partial charge in [-0.1, -0.05) is 66.2 Å². The highest BCUT2D eigenvalue weighted by atomic mass is 35.5. The molecule has 0 fully saturated rings. The van der Waals surface area contributed by atoms with Gasteiger partial charge >= 0.3 is 0 Å². The fraction of sp³-hybridized carbons (Fsp3) is 0.200. The highest BCUT2D eigenvalue weighted by Crippen LogP contribution is 2.26. The van der Waals surface area contributed by atoms with E-state index in [9.17, 15) is 0 Å². The molecule has 0 bridgehead atoms. The molecule has 0 amide bonds. The molecule has 0 aliphatic heterocycles. The minimum absolute atomic E-state index is 0.0904. The molecule has 3 rings (SSSR count). The van der Waals surface area contributed by atoms with E-state index in [4.69, 9.17) is 17.3 Å². The van der Waals surface area contributed by atoms with Crippen LogP contribution in [0.5, 0.6) is 0 Å². The lowest BCUT2D eigenvalue weighted by molar-refractivity contribution is 0.565. The van der Waals surface area contributed by atoms with E-state index in [1.807, 2.05) is 12.1 Å². The van der Waals surface area contributed by atoms with Crippen molar-refractivity contribution in [3.05, 3.63) is 82.9 Å². The van der Waals surface area contributed by atoms with Gasteiger partial charge in [0.25, 0.3) is 0 Å². The predicted molar refractivity (Wildman–Crippen MR) is 95.5 cm³/mol. The van der Waals surface area contributed by atoms with E-state index in [-0.39, 0.29) is 6.04 Å². The standard InChI is InChI=1S/C20H20ClN/c1-14(22)20(17-8-10-19(21)11-9-17)13-15-6-7-16-4-2-3-5-18(16)12-15/h2-12,14,20H,13,22H2,1H3. The summed E-state index contributed by atoms with van der Waals surface area (Å²) in [7, 11) is 0. The van der Waals surface area contributed by atoms with Gasteiger partial charge in [0.05, 0.1) is 0 Å². The SMILES string of the molecule is CC(N)C(Cc1ccc2ccccc2c1)c1ccc(Cl)cc1. The van der Waals surface area contributed by atoms with Crippen molar-refractivity contribution in [2.45, 2.75) is 25.3 Å². The Kier molecular flexibility index (Phi) is 4.47. The van der Waals surface area contributed by atoms with Crippen molar-refractivity contribution < 1.29 is 0 Å². The lowest BCUT2D eigenvalue weighted by atomic mass is 9.86. The Labute approximate surface area is 136 Å². The molecule has 3 aromatic rings. The Balaban J connectivity index is 1.90. The third kappa shape index (κ3) is 3.32. The normalized spacial score (nSPS) is 14.0. The molecule has 0 spiro atoms. The summed E-state index contributed by atoms with van der Waals surface area (Å²) in [5.41, 5.74) is 8.79. The first-order chi connectivity index (χ1) is 10.6. The van der Waals surface area contributed by atoms with E-state index >= 15 is 0 Å². The van der Waals surface area contributed by atoms with Crippen molar-refractivity contribution in [3.63, 3.8) is 0 Å². The van der Waals surface area contributed by atoms with Crippen molar-refractivity contribution in [3.8, 4) is 0 Å². The van der Waals surface area contributed by atoms with Gasteiger partial charge in [-0.25, -0.2) is 0 Å². The maximum atomic E-state index is 6.23. The molecule has 0 aliphatic carbocycles. The summed E-state index contributed by atoms with van der Waals surface area (Å²) < 4.78 is 0. The quantitative estimate of drug-likeness (QED) is 0.707. The third-order valence-electron chi connectivity index (χ3n) is 4.20. The zero-order valence-electron chi connectivity index (χ0n) is 12.7. The Hall–Kier alpha value is -1.83. The minimum Gasteiger partial charge on any atom is -0.327 e. The van der Waals surface area contributed by atoms with Gasteiger partial charge in [0.15, 0.2) is 0 Å². The molecule has 0 heterocycles. The smallest absolute Gasteiger partial charge is 0.0406 e. The van der Waals surface area contributed by atoms with Crippen LogP contribution in [0.3, 0.4) is 0 Å². The number of hydrogen-bond donors (Lipinski definition) is 1. The van der Waals surface area contributed by atoms with Crippen molar-refractivity contribution in [1.82, 2.24) is 0 Å². The molecule has 0 saturated carbocycles. The monoisotopic (exact) mass is 309 g/mol. The van der Waals surface area contributed by atoms with E-state index in [0.717, 1.165) is 11.4 Å². The van der Waals surface area contributed by atoms with Crippen LogP contribution in [0.2, 0.25) is 5.02 Å². The lowest BCUT2D eigenvalue weighted by Crippen LogP contribution is -2.26. The van der Waals surface area contributed by atoms with Crippen molar-refractivity contribution in [2.24, 2.45) is 5.73 Å². The first kappa shape index (κ1) is 15.1. The van der Waals surface area contributed by atoms with Gasteiger partial charge in [-0.05, 0) is 47.4 Å². The van der Waals surface area contributed by atoms with E-state index in [1.54, 1.807) is 0 Å². The van der Waals surface area contributed by atoms with Crippen LogP contribution in [0, 0.1) is 0 Å². The van der Waals surface area contributed by atoms with Gasteiger partial charge in [0.2, 0.25) is 0 Å². The molecule has 1 nitrogen and oxygen atoms in total. The fourth-order valence-electron chi connectivity index (χ4n) is 2.94. The van der Waals surface area contributed by atoms with Gasteiger partial charge in [0.1, 0.15) is 0 Å². The maximum absolute atomic E-state index is 6.23. The molecule has 0 saturated heterocycles. The first-order valence-corrected chi connectivity index (χ1v) is 8.00. The lowest BCUT2D eigenvalue weighted by Gasteiger charge is -2.22. The minimum atomic E-state index is 0.0904. The second-order valence-electron chi connectivity index (χ2n) is 5.90. The molecular formula is C20H20ClN. The fourth-order valence-corrected chi connectivity index (χ4v) is 3.06. The maximum Gasteiger partial charge on any atom is 0.0406 e. The Morgan fingerprint density at radius 3 is 2.27 bits per heavy atom. The van der Waals surface area contributed by atoms with E-state index < -0.39 is 0 Å². The van der Waals surface area contributed by atoms with Crippen LogP contribution in [0.15, 0.2) is 66.7 Å². The zero-order chi connectivity index (χ0) is 15.5. The van der Waals surface area contributed by atoms with Crippen LogP contribution in [0.4, 0.5) is 0 Å². The highest BCUT2D eigenvalue weighted by Gasteiger charge is 2.17. The molecule has 22 heavy (non-hydrogen) atoms. The molecule has 2 heteroatoms. The number of hydrogen-bond acceptors (Lipinski definition) is 1. The molecule has 0 radical (unpaired) electrons.